The number of nitrogens with zero attached hydrogens (tertiary/aromatic N) is 4. The molecule has 0 spiro atoms. The van der Waals surface area contributed by atoms with Gasteiger partial charge in [0, 0.05) is 31.0 Å². The molecule has 1 aliphatic heterocycles. The van der Waals surface area contributed by atoms with Crippen molar-refractivity contribution in [2.45, 2.75) is 18.7 Å². The molecule has 1 saturated heterocycles. The standard InChI is InChI=1S/C17H15F3N4O/c18-17(19,20)12-3-1-2-11(8-12)14-9-15-16(21-5-7-24(15)22-14)23-6-4-13(25)10-23/h1-3,5,7-9,13,25H,4,6,10H2. The van der Waals surface area contributed by atoms with Crippen LogP contribution in [0.1, 0.15) is 12.0 Å². The number of hydrogen-bond acceptors (Lipinski definition) is 4. The van der Waals surface area contributed by atoms with Crippen molar-refractivity contribution in [1.29, 1.82) is 0 Å². The fourth-order valence-corrected chi connectivity index (χ4v) is 3.08. The molecule has 25 heavy (non-hydrogen) atoms. The van der Waals surface area contributed by atoms with Crippen LogP contribution in [0.3, 0.4) is 0 Å². The van der Waals surface area contributed by atoms with E-state index in [1.165, 1.54) is 6.07 Å². The number of aliphatic hydroxyl groups excluding tert-OH is 1. The number of halogens is 3. The predicted octanol–water partition coefficient (Wildman–Crippen LogP) is 2.99. The van der Waals surface area contributed by atoms with Gasteiger partial charge in [-0.15, -0.1) is 0 Å². The predicted molar refractivity (Wildman–Crippen MR) is 86.3 cm³/mol. The van der Waals surface area contributed by atoms with Crippen LogP contribution in [0.15, 0.2) is 42.7 Å². The van der Waals surface area contributed by atoms with E-state index in [0.29, 0.717) is 42.1 Å². The topological polar surface area (TPSA) is 53.7 Å². The molecule has 1 aliphatic rings. The summed E-state index contributed by atoms with van der Waals surface area (Å²) in [5.74, 6) is 0.671. The van der Waals surface area contributed by atoms with Crippen molar-refractivity contribution in [2.75, 3.05) is 18.0 Å². The Bertz CT molecular complexity index is 922. The lowest BCUT2D eigenvalue weighted by Gasteiger charge is -2.16. The number of rotatable bonds is 2. The molecule has 3 aromatic rings. The highest BCUT2D eigenvalue weighted by Gasteiger charge is 2.30. The highest BCUT2D eigenvalue weighted by molar-refractivity contribution is 5.75. The first-order chi connectivity index (χ1) is 11.9. The monoisotopic (exact) mass is 348 g/mol. The van der Waals surface area contributed by atoms with Crippen LogP contribution in [-0.2, 0) is 6.18 Å². The molecule has 0 bridgehead atoms. The number of benzene rings is 1. The molecular formula is C17H15F3N4O. The van der Waals surface area contributed by atoms with Crippen molar-refractivity contribution in [1.82, 2.24) is 14.6 Å². The second-order valence-corrected chi connectivity index (χ2v) is 6.08. The van der Waals surface area contributed by atoms with Crippen LogP contribution in [0.4, 0.5) is 19.0 Å². The summed E-state index contributed by atoms with van der Waals surface area (Å²) < 4.78 is 40.4. The highest BCUT2D eigenvalue weighted by atomic mass is 19.4. The van der Waals surface area contributed by atoms with E-state index in [1.54, 1.807) is 29.0 Å². The van der Waals surface area contributed by atoms with Gasteiger partial charge in [-0.05, 0) is 24.6 Å². The molecule has 0 amide bonds. The second-order valence-electron chi connectivity index (χ2n) is 6.08. The zero-order valence-corrected chi connectivity index (χ0v) is 13.1. The van der Waals surface area contributed by atoms with Gasteiger partial charge in [0.05, 0.1) is 17.4 Å². The van der Waals surface area contributed by atoms with Crippen LogP contribution in [0.5, 0.6) is 0 Å². The smallest absolute Gasteiger partial charge is 0.391 e. The average molecular weight is 348 g/mol. The Morgan fingerprint density at radius 3 is 2.76 bits per heavy atom. The molecule has 1 fully saturated rings. The van der Waals surface area contributed by atoms with Crippen molar-refractivity contribution < 1.29 is 18.3 Å². The quantitative estimate of drug-likeness (QED) is 0.774. The Kier molecular flexibility index (Phi) is 3.64. The molecule has 4 rings (SSSR count). The Morgan fingerprint density at radius 1 is 1.20 bits per heavy atom. The van der Waals surface area contributed by atoms with E-state index in [9.17, 15) is 18.3 Å². The molecule has 1 atom stereocenters. The Balaban J connectivity index is 1.77. The minimum atomic E-state index is -4.40. The number of hydrogen-bond donors (Lipinski definition) is 1. The minimum absolute atomic E-state index is 0.394. The summed E-state index contributed by atoms with van der Waals surface area (Å²) in [5, 5.41) is 14.1. The van der Waals surface area contributed by atoms with Crippen LogP contribution in [0.25, 0.3) is 16.8 Å². The van der Waals surface area contributed by atoms with E-state index < -0.39 is 17.8 Å². The molecule has 0 radical (unpaired) electrons. The SMILES string of the molecule is OC1CCN(c2nccn3nc(-c4cccc(C(F)(F)F)c4)cc23)C1. The molecule has 8 heteroatoms. The van der Waals surface area contributed by atoms with E-state index in [-0.39, 0.29) is 0 Å². The number of β-amino-alcohol motifs (C(OH)–C–C–N with tert-alkyl or cyclic N) is 1. The maximum absolute atomic E-state index is 12.9. The summed E-state index contributed by atoms with van der Waals surface area (Å²) in [7, 11) is 0. The first-order valence-corrected chi connectivity index (χ1v) is 7.87. The van der Waals surface area contributed by atoms with E-state index in [0.717, 1.165) is 12.1 Å². The molecule has 3 heterocycles. The van der Waals surface area contributed by atoms with E-state index >= 15 is 0 Å². The highest BCUT2D eigenvalue weighted by Crippen LogP contribution is 2.33. The van der Waals surface area contributed by atoms with Gasteiger partial charge in [-0.2, -0.15) is 18.3 Å². The average Bonchev–Trinajstić information content (AvgIpc) is 3.20. The van der Waals surface area contributed by atoms with Gasteiger partial charge < -0.3 is 10.0 Å². The lowest BCUT2D eigenvalue weighted by molar-refractivity contribution is -0.137. The molecule has 2 aromatic heterocycles. The molecule has 130 valence electrons. The molecule has 5 nitrogen and oxygen atoms in total. The molecular weight excluding hydrogens is 333 g/mol. The summed E-state index contributed by atoms with van der Waals surface area (Å²) in [6.07, 6.45) is -0.878. The van der Waals surface area contributed by atoms with Crippen LogP contribution in [-0.4, -0.2) is 38.9 Å². The third-order valence-electron chi connectivity index (χ3n) is 4.32. The van der Waals surface area contributed by atoms with Crippen LogP contribution >= 0.6 is 0 Å². The summed E-state index contributed by atoms with van der Waals surface area (Å²) in [6.45, 7) is 1.16. The van der Waals surface area contributed by atoms with E-state index in [2.05, 4.69) is 10.1 Å². The number of fused-ring (bicyclic) bond motifs is 1. The summed E-state index contributed by atoms with van der Waals surface area (Å²) >= 11 is 0. The summed E-state index contributed by atoms with van der Waals surface area (Å²) in [6, 6.07) is 6.83. The molecule has 1 N–H and O–H groups in total. The lowest BCUT2D eigenvalue weighted by atomic mass is 10.1. The fourth-order valence-electron chi connectivity index (χ4n) is 3.08. The van der Waals surface area contributed by atoms with Crippen molar-refractivity contribution in [3.05, 3.63) is 48.3 Å². The van der Waals surface area contributed by atoms with E-state index in [4.69, 9.17) is 0 Å². The van der Waals surface area contributed by atoms with Crippen molar-refractivity contribution in [3.63, 3.8) is 0 Å². The first-order valence-electron chi connectivity index (χ1n) is 7.87. The second kappa shape index (κ2) is 5.73. The maximum Gasteiger partial charge on any atom is 0.416 e. The van der Waals surface area contributed by atoms with Gasteiger partial charge in [0.15, 0.2) is 5.82 Å². The molecule has 1 unspecified atom stereocenters. The van der Waals surface area contributed by atoms with E-state index in [1.807, 2.05) is 4.90 Å². The van der Waals surface area contributed by atoms with Crippen LogP contribution < -0.4 is 4.90 Å². The number of aliphatic hydroxyl groups is 1. The van der Waals surface area contributed by atoms with Crippen molar-refractivity contribution >= 4 is 11.3 Å². The summed E-state index contributed by atoms with van der Waals surface area (Å²) in [5.41, 5.74) is 0.832. The van der Waals surface area contributed by atoms with Gasteiger partial charge in [0.1, 0.15) is 5.52 Å². The number of aromatic nitrogens is 3. The Morgan fingerprint density at radius 2 is 2.04 bits per heavy atom. The Hall–Kier alpha value is -2.61. The first kappa shape index (κ1) is 15.9. The largest absolute Gasteiger partial charge is 0.416 e. The third-order valence-corrected chi connectivity index (χ3v) is 4.32. The van der Waals surface area contributed by atoms with Gasteiger partial charge >= 0.3 is 6.18 Å². The van der Waals surface area contributed by atoms with Gasteiger partial charge in [-0.1, -0.05) is 12.1 Å². The van der Waals surface area contributed by atoms with Crippen LogP contribution in [0, 0.1) is 0 Å². The lowest BCUT2D eigenvalue weighted by Crippen LogP contribution is -2.22. The molecule has 0 saturated carbocycles. The van der Waals surface area contributed by atoms with Gasteiger partial charge in [0.25, 0.3) is 0 Å². The molecule has 1 aromatic carbocycles. The van der Waals surface area contributed by atoms with Gasteiger partial charge in [-0.25, -0.2) is 9.50 Å². The molecule has 0 aliphatic carbocycles. The Labute approximate surface area is 141 Å². The van der Waals surface area contributed by atoms with Gasteiger partial charge in [-0.3, -0.25) is 0 Å². The van der Waals surface area contributed by atoms with Gasteiger partial charge in [0.2, 0.25) is 0 Å². The summed E-state index contributed by atoms with van der Waals surface area (Å²) in [4.78, 5) is 6.32. The normalized spacial score (nSPS) is 18.2. The third kappa shape index (κ3) is 2.93. The number of anilines is 1. The number of alkyl halides is 3. The minimum Gasteiger partial charge on any atom is -0.391 e. The van der Waals surface area contributed by atoms with Crippen LogP contribution in [0.2, 0.25) is 0 Å². The maximum atomic E-state index is 12.9. The zero-order valence-electron chi connectivity index (χ0n) is 13.1. The van der Waals surface area contributed by atoms with Crippen molar-refractivity contribution in [3.8, 4) is 11.3 Å². The fraction of sp³-hybridized carbons (Fsp3) is 0.294. The van der Waals surface area contributed by atoms with Crippen molar-refractivity contribution in [2.24, 2.45) is 0 Å². The zero-order chi connectivity index (χ0) is 17.6.